The summed E-state index contributed by atoms with van der Waals surface area (Å²) >= 11 is 0. The molecule has 14 heteroatoms. The summed E-state index contributed by atoms with van der Waals surface area (Å²) in [5, 5.41) is 2.03. The standard InChI is InChI=1S/C21H26F3N5O5S/c1-12(2)17(18(31)21(22,23)24)26-16(30)11-29-19(13-6-8-14(9-7-13)28(3)4)25-10-15(20(29)32)27-35(5,33)34/h6-10,12,17,27H,11H2,1-5H3,(H,26,30). The van der Waals surface area contributed by atoms with Crippen molar-refractivity contribution in [2.24, 2.45) is 5.92 Å². The van der Waals surface area contributed by atoms with Gasteiger partial charge < -0.3 is 10.2 Å². The molecule has 1 aromatic carbocycles. The van der Waals surface area contributed by atoms with Crippen LogP contribution in [0.5, 0.6) is 0 Å². The molecule has 0 fully saturated rings. The number of hydrogen-bond acceptors (Lipinski definition) is 7. The van der Waals surface area contributed by atoms with Crippen molar-refractivity contribution in [3.63, 3.8) is 0 Å². The van der Waals surface area contributed by atoms with Crippen LogP contribution in [0, 0.1) is 5.92 Å². The van der Waals surface area contributed by atoms with Crippen LogP contribution in [-0.4, -0.2) is 62.2 Å². The van der Waals surface area contributed by atoms with E-state index in [1.54, 1.807) is 24.3 Å². The Morgan fingerprint density at radius 1 is 1.14 bits per heavy atom. The first-order valence-electron chi connectivity index (χ1n) is 10.3. The normalized spacial score (nSPS) is 12.8. The molecular formula is C21H26F3N5O5S. The van der Waals surface area contributed by atoms with E-state index in [-0.39, 0.29) is 5.82 Å². The summed E-state index contributed by atoms with van der Waals surface area (Å²) in [6.07, 6.45) is -3.37. The molecule has 1 amide bonds. The first-order valence-corrected chi connectivity index (χ1v) is 12.2. The predicted molar refractivity (Wildman–Crippen MR) is 125 cm³/mol. The number of alkyl halides is 3. The fraction of sp³-hybridized carbons (Fsp3) is 0.429. The second kappa shape index (κ2) is 10.5. The minimum absolute atomic E-state index is 0.0299. The highest BCUT2D eigenvalue weighted by Crippen LogP contribution is 2.22. The third kappa shape index (κ3) is 7.28. The number of carbonyl (C=O) groups is 2. The topological polar surface area (TPSA) is 130 Å². The Morgan fingerprint density at radius 3 is 2.17 bits per heavy atom. The van der Waals surface area contributed by atoms with Crippen molar-refractivity contribution >= 4 is 33.1 Å². The van der Waals surface area contributed by atoms with E-state index in [0.29, 0.717) is 5.56 Å². The Morgan fingerprint density at radius 2 is 1.71 bits per heavy atom. The summed E-state index contributed by atoms with van der Waals surface area (Å²) in [7, 11) is -0.250. The second-order valence-corrected chi connectivity index (χ2v) is 10.1. The lowest BCUT2D eigenvalue weighted by atomic mass is 9.99. The van der Waals surface area contributed by atoms with Gasteiger partial charge in [-0.15, -0.1) is 0 Å². The quantitative estimate of drug-likeness (QED) is 0.517. The van der Waals surface area contributed by atoms with Crippen LogP contribution < -0.4 is 20.5 Å². The molecule has 1 heterocycles. The van der Waals surface area contributed by atoms with E-state index in [4.69, 9.17) is 0 Å². The van der Waals surface area contributed by atoms with Crippen LogP contribution in [0.2, 0.25) is 0 Å². The van der Waals surface area contributed by atoms with E-state index in [1.807, 2.05) is 29.0 Å². The van der Waals surface area contributed by atoms with Crippen LogP contribution in [-0.2, 0) is 26.2 Å². The maximum atomic E-state index is 13.0. The molecule has 2 aromatic rings. The number of carbonyl (C=O) groups excluding carboxylic acids is 2. The average molecular weight is 518 g/mol. The van der Waals surface area contributed by atoms with E-state index >= 15 is 0 Å². The molecule has 0 saturated heterocycles. The lowest BCUT2D eigenvalue weighted by Gasteiger charge is -2.23. The molecule has 35 heavy (non-hydrogen) atoms. The summed E-state index contributed by atoms with van der Waals surface area (Å²) in [4.78, 5) is 43.4. The van der Waals surface area contributed by atoms with Gasteiger partial charge in [0, 0.05) is 25.3 Å². The smallest absolute Gasteiger partial charge is 0.378 e. The van der Waals surface area contributed by atoms with Crippen molar-refractivity contribution in [2.45, 2.75) is 32.6 Å². The number of sulfonamides is 1. The van der Waals surface area contributed by atoms with Gasteiger partial charge in [0.25, 0.3) is 11.3 Å². The predicted octanol–water partition coefficient (Wildman–Crippen LogP) is 1.62. The first-order chi connectivity index (χ1) is 16.0. The Balaban J connectivity index is 2.52. The number of nitrogens with one attached hydrogen (secondary N) is 2. The summed E-state index contributed by atoms with van der Waals surface area (Å²) in [6.45, 7) is 1.84. The molecule has 0 aliphatic rings. The van der Waals surface area contributed by atoms with Crippen molar-refractivity contribution in [3.8, 4) is 11.4 Å². The zero-order valence-electron chi connectivity index (χ0n) is 19.7. The van der Waals surface area contributed by atoms with E-state index in [1.165, 1.54) is 13.8 Å². The summed E-state index contributed by atoms with van der Waals surface area (Å²) in [5.74, 6) is -4.11. The Bertz CT molecular complexity index is 1260. The minimum atomic E-state index is -5.17. The largest absolute Gasteiger partial charge is 0.452 e. The van der Waals surface area contributed by atoms with Crippen LogP contribution in [0.25, 0.3) is 11.4 Å². The van der Waals surface area contributed by atoms with Gasteiger partial charge in [0.2, 0.25) is 15.9 Å². The summed E-state index contributed by atoms with van der Waals surface area (Å²) < 4.78 is 64.9. The van der Waals surface area contributed by atoms with Gasteiger partial charge in [0.1, 0.15) is 18.1 Å². The number of rotatable bonds is 9. The van der Waals surface area contributed by atoms with Gasteiger partial charge in [-0.25, -0.2) is 13.4 Å². The monoisotopic (exact) mass is 517 g/mol. The van der Waals surface area contributed by atoms with Crippen LogP contribution in [0.15, 0.2) is 35.3 Å². The van der Waals surface area contributed by atoms with Crippen molar-refractivity contribution in [1.82, 2.24) is 14.9 Å². The highest BCUT2D eigenvalue weighted by atomic mass is 32.2. The molecule has 192 valence electrons. The fourth-order valence-electron chi connectivity index (χ4n) is 3.12. The Labute approximate surface area is 200 Å². The van der Waals surface area contributed by atoms with Crippen LogP contribution in [0.4, 0.5) is 24.5 Å². The Hall–Kier alpha value is -3.42. The summed E-state index contributed by atoms with van der Waals surface area (Å²) in [5.41, 5.74) is -0.199. The molecule has 1 atom stereocenters. The number of aromatic nitrogens is 2. The van der Waals surface area contributed by atoms with Crippen molar-refractivity contribution < 1.29 is 31.2 Å². The molecule has 1 unspecified atom stereocenters. The van der Waals surface area contributed by atoms with Crippen LogP contribution in [0.1, 0.15) is 13.8 Å². The average Bonchev–Trinajstić information content (AvgIpc) is 2.72. The van der Waals surface area contributed by atoms with E-state index < -0.39 is 57.6 Å². The molecule has 0 spiro atoms. The number of hydrogen-bond donors (Lipinski definition) is 2. The number of halogens is 3. The molecule has 0 radical (unpaired) electrons. The summed E-state index contributed by atoms with van der Waals surface area (Å²) in [6, 6.07) is 4.78. The fourth-order valence-corrected chi connectivity index (χ4v) is 3.66. The van der Waals surface area contributed by atoms with Crippen LogP contribution in [0.3, 0.4) is 0 Å². The molecular weight excluding hydrogens is 491 g/mol. The zero-order valence-corrected chi connectivity index (χ0v) is 20.5. The highest BCUT2D eigenvalue weighted by Gasteiger charge is 2.45. The van der Waals surface area contributed by atoms with E-state index in [2.05, 4.69) is 4.98 Å². The second-order valence-electron chi connectivity index (χ2n) is 8.35. The van der Waals surface area contributed by atoms with Gasteiger partial charge in [-0.3, -0.25) is 23.7 Å². The van der Waals surface area contributed by atoms with E-state index in [9.17, 15) is 36.0 Å². The third-order valence-electron chi connectivity index (χ3n) is 4.83. The number of ketones is 1. The third-order valence-corrected chi connectivity index (χ3v) is 5.42. The van der Waals surface area contributed by atoms with Gasteiger partial charge in [0.15, 0.2) is 0 Å². The maximum absolute atomic E-state index is 13.0. The number of amides is 1. The number of benzene rings is 1. The molecule has 0 aliphatic carbocycles. The van der Waals surface area contributed by atoms with Crippen LogP contribution >= 0.6 is 0 Å². The lowest BCUT2D eigenvalue weighted by Crippen LogP contribution is -2.51. The van der Waals surface area contributed by atoms with Crippen molar-refractivity contribution in [1.29, 1.82) is 0 Å². The minimum Gasteiger partial charge on any atom is -0.378 e. The van der Waals surface area contributed by atoms with Gasteiger partial charge in [0.05, 0.1) is 18.5 Å². The van der Waals surface area contributed by atoms with Gasteiger partial charge in [-0.05, 0) is 30.2 Å². The zero-order chi connectivity index (χ0) is 26.7. The number of nitrogens with zero attached hydrogens (tertiary/aromatic N) is 3. The van der Waals surface area contributed by atoms with E-state index in [0.717, 1.165) is 22.7 Å². The molecule has 0 bridgehead atoms. The highest BCUT2D eigenvalue weighted by molar-refractivity contribution is 7.92. The number of Topliss-reactive ketones (excluding diaryl/α,β-unsaturated/α-hetero) is 1. The first kappa shape index (κ1) is 27.8. The van der Waals surface area contributed by atoms with Gasteiger partial charge >= 0.3 is 6.18 Å². The maximum Gasteiger partial charge on any atom is 0.452 e. The van der Waals surface area contributed by atoms with Gasteiger partial charge in [-0.2, -0.15) is 13.2 Å². The molecule has 2 rings (SSSR count). The number of anilines is 2. The Kier molecular flexibility index (Phi) is 8.31. The SMILES string of the molecule is CC(C)C(NC(=O)Cn1c(-c2ccc(N(C)C)cc2)ncc(NS(C)(=O)=O)c1=O)C(=O)C(F)(F)F. The molecule has 1 aromatic heterocycles. The lowest BCUT2D eigenvalue weighted by molar-refractivity contribution is -0.174. The molecule has 10 nitrogen and oxygen atoms in total. The van der Waals surface area contributed by atoms with Crippen molar-refractivity contribution in [3.05, 3.63) is 40.8 Å². The van der Waals surface area contributed by atoms with Crippen molar-refractivity contribution in [2.75, 3.05) is 30.0 Å². The molecule has 0 aliphatic heterocycles. The van der Waals surface area contributed by atoms with Gasteiger partial charge in [-0.1, -0.05) is 13.8 Å². The molecule has 2 N–H and O–H groups in total. The molecule has 0 saturated carbocycles.